The maximum Gasteiger partial charge on any atom is 0.233 e. The molecule has 1 aliphatic rings. The summed E-state index contributed by atoms with van der Waals surface area (Å²) in [6, 6.07) is 7.37. The molecule has 0 saturated carbocycles. The number of rotatable bonds is 2. The van der Waals surface area contributed by atoms with E-state index in [1.54, 1.807) is 23.5 Å². The average Bonchev–Trinajstić information content (AvgIpc) is 2.96. The van der Waals surface area contributed by atoms with Gasteiger partial charge < -0.3 is 5.32 Å². The maximum absolute atomic E-state index is 12.4. The standard InChI is InChI=1S/C15H13N3OS/c16-8-10-4-5-14(17-9-10)18-15(19)12-2-1-3-13-11(12)6-7-20-13/h4-7,9,12H,1-3H2,(H,17,18,19). The summed E-state index contributed by atoms with van der Waals surface area (Å²) >= 11 is 1.73. The van der Waals surface area contributed by atoms with Gasteiger partial charge >= 0.3 is 0 Å². The smallest absolute Gasteiger partial charge is 0.233 e. The fraction of sp³-hybridized carbons (Fsp3) is 0.267. The highest BCUT2D eigenvalue weighted by Gasteiger charge is 2.27. The van der Waals surface area contributed by atoms with Crippen LogP contribution in [0.5, 0.6) is 0 Å². The molecule has 5 heteroatoms. The lowest BCUT2D eigenvalue weighted by atomic mass is 9.87. The summed E-state index contributed by atoms with van der Waals surface area (Å²) < 4.78 is 0. The van der Waals surface area contributed by atoms with Gasteiger partial charge in [-0.05, 0) is 48.4 Å². The maximum atomic E-state index is 12.4. The predicted molar refractivity (Wildman–Crippen MR) is 77.6 cm³/mol. The molecular formula is C15H13N3OS. The van der Waals surface area contributed by atoms with Crippen molar-refractivity contribution in [1.82, 2.24) is 4.98 Å². The number of hydrogen-bond donors (Lipinski definition) is 1. The van der Waals surface area contributed by atoms with Crippen LogP contribution in [0.4, 0.5) is 5.82 Å². The van der Waals surface area contributed by atoms with Crippen molar-refractivity contribution < 1.29 is 4.79 Å². The highest BCUT2D eigenvalue weighted by atomic mass is 32.1. The summed E-state index contributed by atoms with van der Waals surface area (Å²) in [5.74, 6) is 0.403. The molecule has 1 amide bonds. The first-order valence-electron chi connectivity index (χ1n) is 6.51. The third-order valence-electron chi connectivity index (χ3n) is 3.51. The summed E-state index contributed by atoms with van der Waals surface area (Å²) in [5, 5.41) is 13.6. The third kappa shape index (κ3) is 2.43. The first kappa shape index (κ1) is 12.8. The molecule has 0 saturated heterocycles. The number of anilines is 1. The van der Waals surface area contributed by atoms with Gasteiger partial charge in [0, 0.05) is 11.1 Å². The van der Waals surface area contributed by atoms with Crippen LogP contribution < -0.4 is 5.32 Å². The van der Waals surface area contributed by atoms with E-state index in [9.17, 15) is 4.79 Å². The largest absolute Gasteiger partial charge is 0.310 e. The molecule has 1 aliphatic carbocycles. The van der Waals surface area contributed by atoms with Crippen molar-refractivity contribution >= 4 is 23.1 Å². The zero-order valence-electron chi connectivity index (χ0n) is 10.8. The van der Waals surface area contributed by atoms with Gasteiger partial charge in [-0.2, -0.15) is 5.26 Å². The molecule has 3 rings (SSSR count). The Morgan fingerprint density at radius 1 is 1.45 bits per heavy atom. The quantitative estimate of drug-likeness (QED) is 0.921. The van der Waals surface area contributed by atoms with Gasteiger partial charge in [0.15, 0.2) is 0 Å². The molecule has 2 heterocycles. The van der Waals surface area contributed by atoms with Gasteiger partial charge in [-0.25, -0.2) is 4.98 Å². The van der Waals surface area contributed by atoms with Gasteiger partial charge in [-0.15, -0.1) is 11.3 Å². The number of pyridine rings is 1. The van der Waals surface area contributed by atoms with Crippen LogP contribution in [0, 0.1) is 11.3 Å². The molecule has 0 bridgehead atoms. The molecular weight excluding hydrogens is 270 g/mol. The molecule has 100 valence electrons. The zero-order valence-corrected chi connectivity index (χ0v) is 11.6. The van der Waals surface area contributed by atoms with Crippen LogP contribution in [0.3, 0.4) is 0 Å². The Labute approximate surface area is 121 Å². The molecule has 0 radical (unpaired) electrons. The second kappa shape index (κ2) is 5.43. The van der Waals surface area contributed by atoms with E-state index in [2.05, 4.69) is 21.7 Å². The lowest BCUT2D eigenvalue weighted by Crippen LogP contribution is -2.24. The van der Waals surface area contributed by atoms with E-state index < -0.39 is 0 Å². The molecule has 0 fully saturated rings. The van der Waals surface area contributed by atoms with Gasteiger partial charge in [-0.3, -0.25) is 4.79 Å². The topological polar surface area (TPSA) is 65.8 Å². The average molecular weight is 283 g/mol. The lowest BCUT2D eigenvalue weighted by Gasteiger charge is -2.21. The molecule has 0 aliphatic heterocycles. The van der Waals surface area contributed by atoms with Crippen molar-refractivity contribution in [2.75, 3.05) is 5.32 Å². The number of nitrogens with zero attached hydrogens (tertiary/aromatic N) is 2. The second-order valence-electron chi connectivity index (χ2n) is 4.78. The summed E-state index contributed by atoms with van der Waals surface area (Å²) in [4.78, 5) is 17.8. The Morgan fingerprint density at radius 2 is 2.35 bits per heavy atom. The monoisotopic (exact) mass is 283 g/mol. The fourth-order valence-corrected chi connectivity index (χ4v) is 3.49. The second-order valence-corrected chi connectivity index (χ2v) is 5.78. The molecule has 20 heavy (non-hydrogen) atoms. The molecule has 0 spiro atoms. The number of nitriles is 1. The van der Waals surface area contributed by atoms with Gasteiger partial charge in [0.25, 0.3) is 0 Å². The van der Waals surface area contributed by atoms with E-state index in [0.717, 1.165) is 24.8 Å². The molecule has 1 N–H and O–H groups in total. The third-order valence-corrected chi connectivity index (χ3v) is 4.51. The minimum absolute atomic E-state index is 0.0124. The highest BCUT2D eigenvalue weighted by molar-refractivity contribution is 7.10. The molecule has 2 aromatic rings. The first-order valence-corrected chi connectivity index (χ1v) is 7.39. The Balaban J connectivity index is 1.76. The van der Waals surface area contributed by atoms with Crippen LogP contribution in [0.25, 0.3) is 0 Å². The van der Waals surface area contributed by atoms with Crippen LogP contribution in [-0.2, 0) is 11.2 Å². The van der Waals surface area contributed by atoms with Gasteiger partial charge in [-0.1, -0.05) is 0 Å². The van der Waals surface area contributed by atoms with E-state index in [-0.39, 0.29) is 11.8 Å². The van der Waals surface area contributed by atoms with Crippen molar-refractivity contribution in [2.24, 2.45) is 0 Å². The number of thiophene rings is 1. The van der Waals surface area contributed by atoms with Crippen LogP contribution in [0.2, 0.25) is 0 Å². The zero-order chi connectivity index (χ0) is 13.9. The molecule has 2 aromatic heterocycles. The van der Waals surface area contributed by atoms with E-state index >= 15 is 0 Å². The SMILES string of the molecule is N#Cc1ccc(NC(=O)C2CCCc3sccc32)nc1. The minimum Gasteiger partial charge on any atom is -0.310 e. The van der Waals surface area contributed by atoms with Gasteiger partial charge in [0.2, 0.25) is 5.91 Å². The number of nitrogens with one attached hydrogen (secondary N) is 1. The molecule has 1 unspecified atom stereocenters. The molecule has 1 atom stereocenters. The molecule has 0 aromatic carbocycles. The van der Waals surface area contributed by atoms with Crippen LogP contribution in [-0.4, -0.2) is 10.9 Å². The fourth-order valence-electron chi connectivity index (χ4n) is 2.51. The number of carbonyl (C=O) groups is 1. The lowest BCUT2D eigenvalue weighted by molar-refractivity contribution is -0.117. The highest BCUT2D eigenvalue weighted by Crippen LogP contribution is 2.35. The number of aryl methyl sites for hydroxylation is 1. The Bertz CT molecular complexity index is 669. The summed E-state index contributed by atoms with van der Waals surface area (Å²) in [5.41, 5.74) is 1.65. The summed E-state index contributed by atoms with van der Waals surface area (Å²) in [6.07, 6.45) is 4.47. The van der Waals surface area contributed by atoms with E-state index in [1.807, 2.05) is 6.07 Å². The Kier molecular flexibility index (Phi) is 3.48. The summed E-state index contributed by atoms with van der Waals surface area (Å²) in [7, 11) is 0. The number of hydrogen-bond acceptors (Lipinski definition) is 4. The van der Waals surface area contributed by atoms with Crippen molar-refractivity contribution in [3.63, 3.8) is 0 Å². The predicted octanol–water partition coefficient (Wildman–Crippen LogP) is 3.07. The van der Waals surface area contributed by atoms with Crippen molar-refractivity contribution in [3.8, 4) is 6.07 Å². The normalized spacial score (nSPS) is 17.1. The first-order chi connectivity index (χ1) is 9.78. The minimum atomic E-state index is -0.0811. The number of carbonyl (C=O) groups excluding carboxylic acids is 1. The van der Waals surface area contributed by atoms with Gasteiger partial charge in [0.05, 0.1) is 11.5 Å². The van der Waals surface area contributed by atoms with E-state index in [4.69, 9.17) is 5.26 Å². The van der Waals surface area contributed by atoms with Crippen molar-refractivity contribution in [2.45, 2.75) is 25.2 Å². The number of amides is 1. The molecule has 4 nitrogen and oxygen atoms in total. The van der Waals surface area contributed by atoms with Crippen LogP contribution in [0.1, 0.15) is 34.8 Å². The van der Waals surface area contributed by atoms with Crippen LogP contribution in [0.15, 0.2) is 29.8 Å². The van der Waals surface area contributed by atoms with Crippen molar-refractivity contribution in [1.29, 1.82) is 5.26 Å². The van der Waals surface area contributed by atoms with E-state index in [1.165, 1.54) is 11.1 Å². The Morgan fingerprint density at radius 3 is 3.10 bits per heavy atom. The van der Waals surface area contributed by atoms with Crippen LogP contribution >= 0.6 is 11.3 Å². The number of aromatic nitrogens is 1. The Hall–Kier alpha value is -2.19. The summed E-state index contributed by atoms with van der Waals surface area (Å²) in [6.45, 7) is 0. The van der Waals surface area contributed by atoms with E-state index in [0.29, 0.717) is 11.4 Å². The number of fused-ring (bicyclic) bond motifs is 1. The van der Waals surface area contributed by atoms with Crippen molar-refractivity contribution in [3.05, 3.63) is 45.8 Å². The van der Waals surface area contributed by atoms with Gasteiger partial charge in [0.1, 0.15) is 11.9 Å².